The molecule has 1 aromatic carbocycles. The van der Waals surface area contributed by atoms with Crippen molar-refractivity contribution in [3.63, 3.8) is 0 Å². The molecule has 98 valence electrons. The van der Waals surface area contributed by atoms with Crippen molar-refractivity contribution in [3.05, 3.63) is 29.6 Å². The Morgan fingerprint density at radius 1 is 1.39 bits per heavy atom. The summed E-state index contributed by atoms with van der Waals surface area (Å²) in [6.45, 7) is 0. The fraction of sp³-hybridized carbons (Fsp3) is 0.500. The molecule has 1 aromatic rings. The van der Waals surface area contributed by atoms with E-state index < -0.39 is 11.9 Å². The smallest absolute Gasteiger partial charge is 0.307 e. The van der Waals surface area contributed by atoms with Gasteiger partial charge >= 0.3 is 5.97 Å². The predicted octanol–water partition coefficient (Wildman–Crippen LogP) is 3.23. The van der Waals surface area contributed by atoms with Gasteiger partial charge < -0.3 is 10.4 Å². The number of hydrogen-bond acceptors (Lipinski definition) is 2. The van der Waals surface area contributed by atoms with E-state index in [0.29, 0.717) is 17.7 Å². The van der Waals surface area contributed by atoms with E-state index in [0.717, 1.165) is 19.3 Å². The van der Waals surface area contributed by atoms with Crippen LogP contribution < -0.4 is 5.32 Å². The minimum Gasteiger partial charge on any atom is -0.481 e. The lowest BCUT2D eigenvalue weighted by Crippen LogP contribution is -2.26. The summed E-state index contributed by atoms with van der Waals surface area (Å²) in [5.41, 5.74) is 1.25. The molecule has 1 fully saturated rings. The summed E-state index contributed by atoms with van der Waals surface area (Å²) in [4.78, 5) is 11.2. The quantitative estimate of drug-likeness (QED) is 0.867. The van der Waals surface area contributed by atoms with Crippen LogP contribution >= 0.6 is 0 Å². The average molecular weight is 251 g/mol. The highest BCUT2D eigenvalue weighted by Gasteiger charge is 2.33. The lowest BCUT2D eigenvalue weighted by molar-refractivity contribution is -0.143. The maximum Gasteiger partial charge on any atom is 0.307 e. The second-order valence-electron chi connectivity index (χ2n) is 4.82. The lowest BCUT2D eigenvalue weighted by Gasteiger charge is -2.29. The highest BCUT2D eigenvalue weighted by Crippen LogP contribution is 2.39. The van der Waals surface area contributed by atoms with Crippen LogP contribution in [0.2, 0.25) is 0 Å². The van der Waals surface area contributed by atoms with E-state index in [4.69, 9.17) is 0 Å². The molecular weight excluding hydrogens is 233 g/mol. The molecule has 0 aromatic heterocycles. The number of carboxylic acids is 1. The fourth-order valence-electron chi connectivity index (χ4n) is 2.78. The highest BCUT2D eigenvalue weighted by atomic mass is 19.1. The van der Waals surface area contributed by atoms with Crippen molar-refractivity contribution in [3.8, 4) is 0 Å². The van der Waals surface area contributed by atoms with Crippen molar-refractivity contribution < 1.29 is 14.3 Å². The van der Waals surface area contributed by atoms with Crippen LogP contribution in [-0.4, -0.2) is 18.1 Å². The molecule has 1 saturated carbocycles. The number of benzene rings is 1. The molecule has 2 atom stereocenters. The zero-order chi connectivity index (χ0) is 13.1. The van der Waals surface area contributed by atoms with E-state index in [-0.39, 0.29) is 11.7 Å². The van der Waals surface area contributed by atoms with E-state index in [1.165, 1.54) is 6.07 Å². The first-order valence-corrected chi connectivity index (χ1v) is 6.33. The third-order valence-corrected chi connectivity index (χ3v) is 3.77. The van der Waals surface area contributed by atoms with Crippen LogP contribution in [0.5, 0.6) is 0 Å². The third kappa shape index (κ3) is 2.47. The maximum absolute atomic E-state index is 14.0. The molecule has 0 spiro atoms. The summed E-state index contributed by atoms with van der Waals surface area (Å²) in [6.07, 6.45) is 3.30. The van der Waals surface area contributed by atoms with E-state index >= 15 is 0 Å². The van der Waals surface area contributed by atoms with Crippen molar-refractivity contribution in [2.24, 2.45) is 5.92 Å². The molecule has 0 heterocycles. The first-order chi connectivity index (χ1) is 8.63. The second-order valence-corrected chi connectivity index (χ2v) is 4.82. The van der Waals surface area contributed by atoms with Gasteiger partial charge in [0.2, 0.25) is 0 Å². The van der Waals surface area contributed by atoms with E-state index in [2.05, 4.69) is 5.32 Å². The van der Waals surface area contributed by atoms with Gasteiger partial charge in [-0.25, -0.2) is 4.39 Å². The Kier molecular flexibility index (Phi) is 3.84. The minimum atomic E-state index is -0.809. The van der Waals surface area contributed by atoms with Crippen LogP contribution in [0.3, 0.4) is 0 Å². The van der Waals surface area contributed by atoms with Gasteiger partial charge in [0, 0.05) is 18.7 Å². The molecule has 1 unspecified atom stereocenters. The number of halogens is 1. The normalized spacial score (nSPS) is 23.7. The molecule has 1 aliphatic rings. The number of anilines is 1. The topological polar surface area (TPSA) is 49.3 Å². The van der Waals surface area contributed by atoms with Crippen molar-refractivity contribution in [1.29, 1.82) is 0 Å². The molecule has 2 rings (SSSR count). The van der Waals surface area contributed by atoms with Crippen LogP contribution in [0.4, 0.5) is 10.1 Å². The van der Waals surface area contributed by atoms with Crippen molar-refractivity contribution in [2.45, 2.75) is 31.6 Å². The second kappa shape index (κ2) is 5.38. The number of carbonyl (C=O) groups is 1. The van der Waals surface area contributed by atoms with Gasteiger partial charge in [-0.15, -0.1) is 0 Å². The van der Waals surface area contributed by atoms with E-state index in [1.54, 1.807) is 19.2 Å². The summed E-state index contributed by atoms with van der Waals surface area (Å²) >= 11 is 0. The molecule has 0 aliphatic heterocycles. The van der Waals surface area contributed by atoms with Gasteiger partial charge in [-0.1, -0.05) is 18.9 Å². The zero-order valence-electron chi connectivity index (χ0n) is 10.4. The van der Waals surface area contributed by atoms with Crippen LogP contribution in [0.15, 0.2) is 18.2 Å². The number of aliphatic carboxylic acids is 1. The summed E-state index contributed by atoms with van der Waals surface area (Å²) in [5, 5.41) is 12.1. The van der Waals surface area contributed by atoms with Crippen molar-refractivity contribution >= 4 is 11.7 Å². The fourth-order valence-corrected chi connectivity index (χ4v) is 2.78. The standard InChI is InChI=1S/C14H18FNO2/c1-16-9-6-7-11(13(15)8-9)10-4-2-3-5-12(10)14(17)18/h6-8,10,12,16H,2-5H2,1H3,(H,17,18)/t10-,12?/m0/s1. The Morgan fingerprint density at radius 3 is 2.72 bits per heavy atom. The monoisotopic (exact) mass is 251 g/mol. The average Bonchev–Trinajstić information content (AvgIpc) is 2.38. The molecule has 1 aliphatic carbocycles. The van der Waals surface area contributed by atoms with Gasteiger partial charge in [-0.3, -0.25) is 4.79 Å². The van der Waals surface area contributed by atoms with Gasteiger partial charge in [-0.2, -0.15) is 0 Å². The predicted molar refractivity (Wildman–Crippen MR) is 68.3 cm³/mol. The van der Waals surface area contributed by atoms with Gasteiger partial charge in [0.15, 0.2) is 0 Å². The largest absolute Gasteiger partial charge is 0.481 e. The first kappa shape index (κ1) is 12.9. The van der Waals surface area contributed by atoms with Crippen molar-refractivity contribution in [2.75, 3.05) is 12.4 Å². The van der Waals surface area contributed by atoms with Crippen LogP contribution in [-0.2, 0) is 4.79 Å². The van der Waals surface area contributed by atoms with Gasteiger partial charge in [-0.05, 0) is 30.5 Å². The molecule has 2 N–H and O–H groups in total. The van der Waals surface area contributed by atoms with E-state index in [1.807, 2.05) is 0 Å². The van der Waals surface area contributed by atoms with Gasteiger partial charge in [0.25, 0.3) is 0 Å². The van der Waals surface area contributed by atoms with E-state index in [9.17, 15) is 14.3 Å². The highest BCUT2D eigenvalue weighted by molar-refractivity contribution is 5.71. The molecular formula is C14H18FNO2. The maximum atomic E-state index is 14.0. The molecule has 0 bridgehead atoms. The molecule has 18 heavy (non-hydrogen) atoms. The number of hydrogen-bond donors (Lipinski definition) is 2. The molecule has 0 amide bonds. The summed E-state index contributed by atoms with van der Waals surface area (Å²) in [5.74, 6) is -1.76. The zero-order valence-corrected chi connectivity index (χ0v) is 10.4. The van der Waals surface area contributed by atoms with Crippen molar-refractivity contribution in [1.82, 2.24) is 0 Å². The summed E-state index contributed by atoms with van der Waals surface area (Å²) in [7, 11) is 1.73. The Bertz CT molecular complexity index is 447. The summed E-state index contributed by atoms with van der Waals surface area (Å²) in [6, 6.07) is 4.95. The molecule has 0 saturated heterocycles. The van der Waals surface area contributed by atoms with Gasteiger partial charge in [0.05, 0.1) is 5.92 Å². The Morgan fingerprint density at radius 2 is 2.11 bits per heavy atom. The third-order valence-electron chi connectivity index (χ3n) is 3.77. The Balaban J connectivity index is 2.31. The number of carboxylic acid groups (broad SMARTS) is 1. The SMILES string of the molecule is CNc1ccc([C@@H]2CCCCC2C(=O)O)c(F)c1. The molecule has 4 heteroatoms. The minimum absolute atomic E-state index is 0.192. The number of rotatable bonds is 3. The van der Waals surface area contributed by atoms with Crippen LogP contribution in [0.1, 0.15) is 37.2 Å². The first-order valence-electron chi connectivity index (χ1n) is 6.33. The lowest BCUT2D eigenvalue weighted by atomic mass is 9.75. The van der Waals surface area contributed by atoms with Crippen LogP contribution in [0.25, 0.3) is 0 Å². The Hall–Kier alpha value is -1.58. The van der Waals surface area contributed by atoms with Crippen LogP contribution in [0, 0.1) is 11.7 Å². The summed E-state index contributed by atoms with van der Waals surface area (Å²) < 4.78 is 14.0. The number of nitrogens with one attached hydrogen (secondary N) is 1. The molecule has 0 radical (unpaired) electrons. The molecule has 3 nitrogen and oxygen atoms in total. The van der Waals surface area contributed by atoms with Gasteiger partial charge in [0.1, 0.15) is 5.82 Å². The Labute approximate surface area is 106 Å².